The van der Waals surface area contributed by atoms with Crippen molar-refractivity contribution in [3.05, 3.63) is 0 Å². The second kappa shape index (κ2) is 5.86. The summed E-state index contributed by atoms with van der Waals surface area (Å²) in [5.41, 5.74) is 3.41. The van der Waals surface area contributed by atoms with E-state index in [1.54, 1.807) is 20.8 Å². The molecular weight excluding hydrogens is 281 g/mol. The highest BCUT2D eigenvalue weighted by Crippen LogP contribution is 2.34. The van der Waals surface area contributed by atoms with E-state index in [1.165, 1.54) is 0 Å². The molecule has 0 aromatic carbocycles. The van der Waals surface area contributed by atoms with Crippen molar-refractivity contribution in [1.29, 1.82) is 0 Å². The summed E-state index contributed by atoms with van der Waals surface area (Å²) in [6.07, 6.45) is -6.62. The van der Waals surface area contributed by atoms with Gasteiger partial charge in [-0.25, -0.2) is 10.2 Å². The molecule has 20 heavy (non-hydrogen) atoms. The van der Waals surface area contributed by atoms with E-state index in [9.17, 15) is 22.8 Å². The predicted octanol–water partition coefficient (Wildman–Crippen LogP) is 1.86. The van der Waals surface area contributed by atoms with E-state index in [1.807, 2.05) is 5.43 Å². The highest BCUT2D eigenvalue weighted by Gasteiger charge is 2.42. The lowest BCUT2D eigenvalue weighted by molar-refractivity contribution is -0.353. The Balaban J connectivity index is 2.21. The Hall–Kier alpha value is -1.51. The van der Waals surface area contributed by atoms with Crippen molar-refractivity contribution in [1.82, 2.24) is 10.9 Å². The fourth-order valence-corrected chi connectivity index (χ4v) is 1.58. The topological polar surface area (TPSA) is 76.7 Å². The quantitative estimate of drug-likeness (QED) is 0.763. The van der Waals surface area contributed by atoms with Crippen molar-refractivity contribution in [3.63, 3.8) is 0 Å². The van der Waals surface area contributed by atoms with Crippen LogP contribution in [0.2, 0.25) is 0 Å². The van der Waals surface area contributed by atoms with E-state index in [2.05, 4.69) is 10.2 Å². The normalized spacial score (nSPS) is 22.7. The first-order valence-electron chi connectivity index (χ1n) is 5.99. The van der Waals surface area contributed by atoms with Crippen LogP contribution in [0.25, 0.3) is 0 Å². The van der Waals surface area contributed by atoms with Crippen LogP contribution in [0, 0.1) is 5.92 Å². The van der Waals surface area contributed by atoms with Gasteiger partial charge in [-0.3, -0.25) is 15.0 Å². The molecule has 1 aliphatic rings. The van der Waals surface area contributed by atoms with Crippen molar-refractivity contribution >= 4 is 12.0 Å². The maximum Gasteiger partial charge on any atom is 0.522 e. The average Bonchev–Trinajstić information content (AvgIpc) is 2.15. The maximum absolute atomic E-state index is 11.9. The van der Waals surface area contributed by atoms with Gasteiger partial charge in [-0.05, 0) is 33.6 Å². The molecule has 2 N–H and O–H groups in total. The standard InChI is InChI=1S/C11H17F3N2O4/c1-10(2,3)20-9(18)16-15-8(17)6-4-7(5-6)19-11(12,13)14/h6-7H,4-5H2,1-3H3,(H,15,17)(H,16,18). The van der Waals surface area contributed by atoms with Crippen molar-refractivity contribution in [2.24, 2.45) is 5.92 Å². The third-order valence-corrected chi connectivity index (χ3v) is 2.45. The summed E-state index contributed by atoms with van der Waals surface area (Å²) in [6, 6.07) is 0. The molecule has 0 aromatic rings. The lowest BCUT2D eigenvalue weighted by atomic mass is 9.82. The monoisotopic (exact) mass is 298 g/mol. The molecule has 0 radical (unpaired) electrons. The summed E-state index contributed by atoms with van der Waals surface area (Å²) < 4.78 is 44.2. The minimum Gasteiger partial charge on any atom is -0.443 e. The third-order valence-electron chi connectivity index (χ3n) is 2.45. The number of hydrazine groups is 1. The number of ether oxygens (including phenoxy) is 2. The summed E-state index contributed by atoms with van der Waals surface area (Å²) in [5, 5.41) is 0. The van der Waals surface area contributed by atoms with E-state index in [0.717, 1.165) is 0 Å². The third kappa shape index (κ3) is 6.09. The lowest BCUT2D eigenvalue weighted by Gasteiger charge is -2.34. The van der Waals surface area contributed by atoms with E-state index >= 15 is 0 Å². The summed E-state index contributed by atoms with van der Waals surface area (Å²) >= 11 is 0. The number of hydrogen-bond donors (Lipinski definition) is 2. The van der Waals surface area contributed by atoms with Gasteiger partial charge in [0.1, 0.15) is 5.60 Å². The van der Waals surface area contributed by atoms with Gasteiger partial charge in [-0.15, -0.1) is 13.2 Å². The van der Waals surface area contributed by atoms with Crippen LogP contribution in [0.5, 0.6) is 0 Å². The Morgan fingerprint density at radius 2 is 1.65 bits per heavy atom. The van der Waals surface area contributed by atoms with Gasteiger partial charge >= 0.3 is 12.5 Å². The molecule has 2 amide bonds. The fraction of sp³-hybridized carbons (Fsp3) is 0.818. The Morgan fingerprint density at radius 3 is 2.10 bits per heavy atom. The molecule has 0 unspecified atom stereocenters. The number of alkyl halides is 3. The summed E-state index contributed by atoms with van der Waals surface area (Å²) in [6.45, 7) is 4.96. The highest BCUT2D eigenvalue weighted by molar-refractivity contribution is 5.81. The average molecular weight is 298 g/mol. The van der Waals surface area contributed by atoms with Crippen LogP contribution in [-0.4, -0.2) is 30.1 Å². The number of rotatable bonds is 2. The van der Waals surface area contributed by atoms with Gasteiger partial charge in [-0.2, -0.15) is 0 Å². The SMILES string of the molecule is CC(C)(C)OC(=O)NNC(=O)C1CC(OC(F)(F)F)C1. The molecule has 6 nitrogen and oxygen atoms in total. The molecule has 0 heterocycles. The smallest absolute Gasteiger partial charge is 0.443 e. The molecule has 116 valence electrons. The van der Waals surface area contributed by atoms with Gasteiger partial charge in [0.15, 0.2) is 0 Å². The Bertz CT molecular complexity index is 373. The van der Waals surface area contributed by atoms with Crippen LogP contribution in [0.4, 0.5) is 18.0 Å². The van der Waals surface area contributed by atoms with Gasteiger partial charge < -0.3 is 4.74 Å². The molecule has 0 atom stereocenters. The van der Waals surface area contributed by atoms with E-state index < -0.39 is 36.0 Å². The minimum absolute atomic E-state index is 0.0403. The number of carbonyl (C=O) groups is 2. The molecule has 0 spiro atoms. The molecular formula is C11H17F3N2O4. The Labute approximate surface area is 113 Å². The van der Waals surface area contributed by atoms with Gasteiger partial charge in [0.2, 0.25) is 5.91 Å². The minimum atomic E-state index is -4.69. The van der Waals surface area contributed by atoms with Gasteiger partial charge in [0, 0.05) is 5.92 Å². The number of nitrogens with one attached hydrogen (secondary N) is 2. The Kier molecular flexibility index (Phi) is 4.85. The zero-order valence-corrected chi connectivity index (χ0v) is 11.3. The van der Waals surface area contributed by atoms with Crippen LogP contribution in [0.15, 0.2) is 0 Å². The van der Waals surface area contributed by atoms with Crippen molar-refractivity contribution in [3.8, 4) is 0 Å². The largest absolute Gasteiger partial charge is 0.522 e. The van der Waals surface area contributed by atoms with E-state index in [4.69, 9.17) is 4.74 Å². The molecule has 0 saturated heterocycles. The van der Waals surface area contributed by atoms with Crippen molar-refractivity contribution < 1.29 is 32.2 Å². The first-order chi connectivity index (χ1) is 8.96. The number of halogens is 3. The molecule has 0 aliphatic heterocycles. The fourth-order valence-electron chi connectivity index (χ4n) is 1.58. The summed E-state index contributed by atoms with van der Waals surface area (Å²) in [7, 11) is 0. The predicted molar refractivity (Wildman–Crippen MR) is 61.2 cm³/mol. The zero-order chi connectivity index (χ0) is 15.6. The maximum atomic E-state index is 11.9. The molecule has 1 aliphatic carbocycles. The van der Waals surface area contributed by atoms with E-state index in [-0.39, 0.29) is 12.8 Å². The van der Waals surface area contributed by atoms with Gasteiger partial charge in [0.05, 0.1) is 6.10 Å². The molecule has 1 fully saturated rings. The molecule has 9 heteroatoms. The Morgan fingerprint density at radius 1 is 1.10 bits per heavy atom. The second-order valence-corrected chi connectivity index (χ2v) is 5.47. The van der Waals surface area contributed by atoms with E-state index in [0.29, 0.717) is 0 Å². The first-order valence-corrected chi connectivity index (χ1v) is 5.99. The molecule has 0 aromatic heterocycles. The summed E-state index contributed by atoms with van der Waals surface area (Å²) in [5.74, 6) is -1.19. The van der Waals surface area contributed by atoms with Gasteiger partial charge in [0.25, 0.3) is 0 Å². The molecule has 0 bridgehead atoms. The number of amides is 2. The zero-order valence-electron chi connectivity index (χ0n) is 11.3. The van der Waals surface area contributed by atoms with Crippen LogP contribution in [0.3, 0.4) is 0 Å². The second-order valence-electron chi connectivity index (χ2n) is 5.47. The van der Waals surface area contributed by atoms with Gasteiger partial charge in [-0.1, -0.05) is 0 Å². The lowest BCUT2D eigenvalue weighted by Crippen LogP contribution is -2.50. The first kappa shape index (κ1) is 16.5. The number of hydrogen-bond acceptors (Lipinski definition) is 4. The van der Waals surface area contributed by atoms with Crippen LogP contribution in [-0.2, 0) is 14.3 Å². The highest BCUT2D eigenvalue weighted by atomic mass is 19.4. The molecule has 1 rings (SSSR count). The van der Waals surface area contributed by atoms with Crippen molar-refractivity contribution in [2.45, 2.75) is 51.7 Å². The molecule has 1 saturated carbocycles. The van der Waals surface area contributed by atoms with Crippen molar-refractivity contribution in [2.75, 3.05) is 0 Å². The van der Waals surface area contributed by atoms with Crippen LogP contribution < -0.4 is 10.9 Å². The van der Waals surface area contributed by atoms with Crippen LogP contribution in [0.1, 0.15) is 33.6 Å². The number of carbonyl (C=O) groups excluding carboxylic acids is 2. The van der Waals surface area contributed by atoms with Crippen LogP contribution >= 0.6 is 0 Å². The summed E-state index contributed by atoms with van der Waals surface area (Å²) in [4.78, 5) is 22.7.